The van der Waals surface area contributed by atoms with Crippen LogP contribution in [0.1, 0.15) is 39.4 Å². The molecule has 2 aromatic rings. The van der Waals surface area contributed by atoms with Gasteiger partial charge in [-0.25, -0.2) is 9.78 Å². The number of hydrogen-bond donors (Lipinski definition) is 0. The zero-order valence-electron chi connectivity index (χ0n) is 16.2. The molecule has 0 aliphatic heterocycles. The predicted octanol–water partition coefficient (Wildman–Crippen LogP) is 1.01. The van der Waals surface area contributed by atoms with Crippen molar-refractivity contribution in [3.8, 4) is 0 Å². The summed E-state index contributed by atoms with van der Waals surface area (Å²) in [6.07, 6.45) is -4.21. The second kappa shape index (κ2) is 5.42. The Morgan fingerprint density at radius 3 is 2.79 bits per heavy atom. The lowest BCUT2D eigenvalue weighted by atomic mass is 10.2. The highest BCUT2D eigenvalue weighted by Crippen LogP contribution is 2.04. The van der Waals surface area contributed by atoms with Crippen LogP contribution in [0.5, 0.6) is 0 Å². The van der Waals surface area contributed by atoms with E-state index >= 15 is 0 Å². The summed E-state index contributed by atoms with van der Waals surface area (Å²) in [6.45, 7) is 1.13. The van der Waals surface area contributed by atoms with Gasteiger partial charge in [0.1, 0.15) is 1.37 Å². The van der Waals surface area contributed by atoms with E-state index < -0.39 is 24.0 Å². The fraction of sp³-hybridized carbons (Fsp3) is 0.615. The van der Waals surface area contributed by atoms with Gasteiger partial charge >= 0.3 is 5.69 Å². The van der Waals surface area contributed by atoms with E-state index in [1.165, 1.54) is 23.2 Å². The monoisotopic (exact) mass is 269 g/mol. The van der Waals surface area contributed by atoms with Crippen molar-refractivity contribution in [2.75, 3.05) is 0 Å². The van der Waals surface area contributed by atoms with Crippen molar-refractivity contribution in [2.45, 2.75) is 39.1 Å². The molecule has 19 heavy (non-hydrogen) atoms. The molecule has 0 aromatic carbocycles. The topological polar surface area (TPSA) is 61.8 Å². The van der Waals surface area contributed by atoms with Gasteiger partial charge in [0.2, 0.25) is 0 Å². The summed E-state index contributed by atoms with van der Waals surface area (Å²) in [5, 5.41) is 0. The minimum absolute atomic E-state index is 0.0322. The molecule has 0 amide bonds. The number of aromatic nitrogens is 4. The molecule has 0 saturated heterocycles. The summed E-state index contributed by atoms with van der Waals surface area (Å²) in [5.74, 6) is 0. The molecule has 2 heterocycles. The number of aryl methyl sites for hydroxylation is 2. The lowest BCUT2D eigenvalue weighted by Gasteiger charge is -2.08. The maximum Gasteiger partial charge on any atom is 0.332 e. The summed E-state index contributed by atoms with van der Waals surface area (Å²) in [4.78, 5) is 28.7. The molecule has 104 valence electrons. The summed E-state index contributed by atoms with van der Waals surface area (Å²) in [7, 11) is 2.97. The molecular formula is C13H20N4O2. The van der Waals surface area contributed by atoms with Gasteiger partial charge < -0.3 is 4.57 Å². The van der Waals surface area contributed by atoms with Gasteiger partial charge in [-0.15, -0.1) is 0 Å². The Hall–Kier alpha value is -1.85. The SMILES string of the molecule is [2H]c1nc2c(c(=O)n(CCCC([2H])([2H])C([2H])([2H])C)c(=O)n2C)n1C. The number of hydrogen-bond acceptors (Lipinski definition) is 3. The van der Waals surface area contributed by atoms with E-state index in [1.807, 2.05) is 0 Å². The van der Waals surface area contributed by atoms with Crippen LogP contribution in [-0.2, 0) is 20.6 Å². The van der Waals surface area contributed by atoms with Crippen molar-refractivity contribution in [3.63, 3.8) is 0 Å². The summed E-state index contributed by atoms with van der Waals surface area (Å²) >= 11 is 0. The minimum Gasteiger partial charge on any atom is -0.328 e. The number of fused-ring (bicyclic) bond motifs is 1. The van der Waals surface area contributed by atoms with E-state index in [4.69, 9.17) is 6.85 Å². The van der Waals surface area contributed by atoms with Gasteiger partial charge in [-0.1, -0.05) is 26.1 Å². The smallest absolute Gasteiger partial charge is 0.328 e. The lowest BCUT2D eigenvalue weighted by molar-refractivity contribution is 0.539. The molecule has 6 nitrogen and oxygen atoms in total. The molecule has 0 aliphatic rings. The highest BCUT2D eigenvalue weighted by atomic mass is 16.2. The number of rotatable bonds is 5. The van der Waals surface area contributed by atoms with Crippen LogP contribution < -0.4 is 11.2 Å². The van der Waals surface area contributed by atoms with Gasteiger partial charge in [0.15, 0.2) is 11.2 Å². The zero-order valence-corrected chi connectivity index (χ0v) is 11.2. The van der Waals surface area contributed by atoms with Crippen molar-refractivity contribution >= 4 is 11.2 Å². The van der Waals surface area contributed by atoms with Crippen molar-refractivity contribution in [3.05, 3.63) is 27.1 Å². The first-order valence-electron chi connectivity index (χ1n) is 8.51. The van der Waals surface area contributed by atoms with Gasteiger partial charge in [0.25, 0.3) is 5.56 Å². The summed E-state index contributed by atoms with van der Waals surface area (Å²) in [6, 6.07) is 0. The summed E-state index contributed by atoms with van der Waals surface area (Å²) in [5.41, 5.74) is -0.905. The average molecular weight is 269 g/mol. The van der Waals surface area contributed by atoms with E-state index in [2.05, 4.69) is 4.98 Å². The highest BCUT2D eigenvalue weighted by Gasteiger charge is 2.14. The van der Waals surface area contributed by atoms with Crippen LogP contribution in [0.4, 0.5) is 0 Å². The largest absolute Gasteiger partial charge is 0.332 e. The molecule has 2 rings (SSSR count). The fourth-order valence-electron chi connectivity index (χ4n) is 1.98. The van der Waals surface area contributed by atoms with Crippen molar-refractivity contribution < 1.29 is 6.85 Å². The Bertz CT molecular complexity index is 891. The normalized spacial score (nSPS) is 16.7. The third-order valence-electron chi connectivity index (χ3n) is 3.00. The molecule has 0 saturated carbocycles. The van der Waals surface area contributed by atoms with Gasteiger partial charge in [-0.3, -0.25) is 13.9 Å². The molecule has 0 fully saturated rings. The zero-order chi connectivity index (χ0) is 18.4. The molecule has 6 heteroatoms. The molecule has 0 N–H and O–H groups in total. The number of imidazole rings is 1. The van der Waals surface area contributed by atoms with Gasteiger partial charge in [0.05, 0.1) is 6.30 Å². The second-order valence-corrected chi connectivity index (χ2v) is 4.27. The van der Waals surface area contributed by atoms with E-state index in [0.717, 1.165) is 11.5 Å². The molecule has 0 aliphatic carbocycles. The lowest BCUT2D eigenvalue weighted by Crippen LogP contribution is -2.39. The fourth-order valence-corrected chi connectivity index (χ4v) is 1.98. The van der Waals surface area contributed by atoms with E-state index in [9.17, 15) is 9.59 Å². The van der Waals surface area contributed by atoms with Crippen LogP contribution in [-0.4, -0.2) is 18.7 Å². The Labute approximate surface area is 118 Å². The van der Waals surface area contributed by atoms with E-state index in [1.54, 1.807) is 0 Å². The number of nitrogens with zero attached hydrogens (tertiary/aromatic N) is 4. The third-order valence-corrected chi connectivity index (χ3v) is 3.00. The van der Waals surface area contributed by atoms with Crippen molar-refractivity contribution in [1.82, 2.24) is 18.7 Å². The minimum atomic E-state index is -2.06. The maximum atomic E-state index is 12.5. The first kappa shape index (κ1) is 8.35. The first-order valence-corrected chi connectivity index (χ1v) is 6.01. The molecule has 0 bridgehead atoms. The predicted molar refractivity (Wildman–Crippen MR) is 74.4 cm³/mol. The standard InChI is InChI=1S/C13H20N4O2/c1-4-5-6-7-8-17-12(18)10-11(14-9-15(10)2)16(3)13(17)19/h9H,4-8H2,1-3H3/i4D2,5D2,9D. The van der Waals surface area contributed by atoms with Crippen LogP contribution in [0.2, 0.25) is 0 Å². The third kappa shape index (κ3) is 2.34. The Morgan fingerprint density at radius 1 is 1.37 bits per heavy atom. The van der Waals surface area contributed by atoms with Gasteiger partial charge in [-0.05, 0) is 6.42 Å². The van der Waals surface area contributed by atoms with E-state index in [-0.39, 0.29) is 36.9 Å². The summed E-state index contributed by atoms with van der Waals surface area (Å²) < 4.78 is 41.6. The van der Waals surface area contributed by atoms with Crippen LogP contribution in [0.15, 0.2) is 15.9 Å². The van der Waals surface area contributed by atoms with Crippen LogP contribution in [0, 0.1) is 0 Å². The van der Waals surface area contributed by atoms with Crippen molar-refractivity contribution in [2.24, 2.45) is 14.1 Å². The molecule has 0 radical (unpaired) electrons. The molecule has 0 atom stereocenters. The quantitative estimate of drug-likeness (QED) is 0.814. The van der Waals surface area contributed by atoms with E-state index in [0.29, 0.717) is 0 Å². The maximum absolute atomic E-state index is 12.5. The van der Waals surface area contributed by atoms with Crippen LogP contribution in [0.3, 0.4) is 0 Å². The van der Waals surface area contributed by atoms with Crippen LogP contribution in [0.25, 0.3) is 11.2 Å². The molecule has 0 spiro atoms. The molecular weight excluding hydrogens is 244 g/mol. The van der Waals surface area contributed by atoms with Gasteiger partial charge in [-0.2, -0.15) is 0 Å². The van der Waals surface area contributed by atoms with Gasteiger partial charge in [0, 0.05) is 26.1 Å². The molecule has 0 unspecified atom stereocenters. The van der Waals surface area contributed by atoms with Crippen molar-refractivity contribution in [1.29, 1.82) is 0 Å². The Kier molecular flexibility index (Phi) is 2.38. The van der Waals surface area contributed by atoms with Crippen LogP contribution >= 0.6 is 0 Å². The first-order chi connectivity index (χ1) is 10.9. The highest BCUT2D eigenvalue weighted by molar-refractivity contribution is 5.69. The Morgan fingerprint density at radius 2 is 2.11 bits per heavy atom. The molecule has 2 aromatic heterocycles. The second-order valence-electron chi connectivity index (χ2n) is 4.27. The Balaban J connectivity index is 2.39. The average Bonchev–Trinajstić information content (AvgIpc) is 2.75.